The van der Waals surface area contributed by atoms with E-state index in [4.69, 9.17) is 9.47 Å². The lowest BCUT2D eigenvalue weighted by molar-refractivity contribution is 0.0477. The molecule has 1 aliphatic carbocycles. The molecule has 1 amide bonds. The summed E-state index contributed by atoms with van der Waals surface area (Å²) >= 11 is 0. The van der Waals surface area contributed by atoms with E-state index >= 15 is 0 Å². The summed E-state index contributed by atoms with van der Waals surface area (Å²) in [5, 5.41) is 13.3. The number of carboxylic acids is 1. The van der Waals surface area contributed by atoms with Crippen molar-refractivity contribution in [2.45, 2.75) is 64.1 Å². The van der Waals surface area contributed by atoms with E-state index in [1.54, 1.807) is 4.57 Å². The van der Waals surface area contributed by atoms with Gasteiger partial charge in [0.2, 0.25) is 0 Å². The lowest BCUT2D eigenvalue weighted by Gasteiger charge is -2.31. The standard InChI is InChI=1S/C25H31N3O6/c1-14-13-33-20-18(6-5-15-11-17(22(30)31)21(29)28(14)19(15)20)27-10-7-16(12-27)25(8-9-25)26-23(32)34-24(2,3)4/h5-6,11,14,16H,7-10,12-13H2,1-4H3,(H,26,32)(H,30,31)/t14-,16+/m0/s1. The van der Waals surface area contributed by atoms with Crippen LogP contribution < -0.4 is 20.5 Å². The number of aromatic carboxylic acids is 1. The van der Waals surface area contributed by atoms with Gasteiger partial charge in [0.1, 0.15) is 17.8 Å². The molecule has 182 valence electrons. The highest BCUT2D eigenvalue weighted by Crippen LogP contribution is 2.49. The summed E-state index contributed by atoms with van der Waals surface area (Å²) in [6.07, 6.45) is 2.41. The fourth-order valence-electron chi connectivity index (χ4n) is 5.34. The Hall–Kier alpha value is -3.23. The molecule has 34 heavy (non-hydrogen) atoms. The minimum absolute atomic E-state index is 0.231. The molecule has 2 N–H and O–H groups in total. The predicted octanol–water partition coefficient (Wildman–Crippen LogP) is 3.54. The van der Waals surface area contributed by atoms with Crippen molar-refractivity contribution < 1.29 is 24.2 Å². The average molecular weight is 470 g/mol. The van der Waals surface area contributed by atoms with Gasteiger partial charge in [0, 0.05) is 29.9 Å². The van der Waals surface area contributed by atoms with Gasteiger partial charge in [0.25, 0.3) is 5.56 Å². The highest BCUT2D eigenvalue weighted by molar-refractivity contribution is 5.97. The summed E-state index contributed by atoms with van der Waals surface area (Å²) in [5.41, 5.74) is 0.0189. The fourth-order valence-corrected chi connectivity index (χ4v) is 5.34. The van der Waals surface area contributed by atoms with Crippen LogP contribution in [0.2, 0.25) is 0 Å². The van der Waals surface area contributed by atoms with Crippen molar-refractivity contribution in [1.82, 2.24) is 9.88 Å². The van der Waals surface area contributed by atoms with Crippen LogP contribution in [0, 0.1) is 5.92 Å². The summed E-state index contributed by atoms with van der Waals surface area (Å²) in [6, 6.07) is 4.97. The molecule has 0 radical (unpaired) electrons. The van der Waals surface area contributed by atoms with Crippen molar-refractivity contribution in [3.63, 3.8) is 0 Å². The minimum atomic E-state index is -1.23. The number of hydrogen-bond donors (Lipinski definition) is 2. The summed E-state index contributed by atoms with van der Waals surface area (Å²) in [6.45, 7) is 9.27. The topological polar surface area (TPSA) is 110 Å². The second-order valence-corrected chi connectivity index (χ2v) is 10.8. The summed E-state index contributed by atoms with van der Waals surface area (Å²) in [5.74, 6) is -0.327. The molecule has 3 heterocycles. The number of aromatic nitrogens is 1. The maximum atomic E-state index is 12.9. The van der Waals surface area contributed by atoms with Crippen LogP contribution >= 0.6 is 0 Å². The third kappa shape index (κ3) is 3.76. The monoisotopic (exact) mass is 469 g/mol. The molecule has 3 aliphatic rings. The number of pyridine rings is 1. The Kier molecular flexibility index (Phi) is 5.07. The normalized spacial score (nSPS) is 22.9. The van der Waals surface area contributed by atoms with Gasteiger partial charge in [-0.1, -0.05) is 6.07 Å². The van der Waals surface area contributed by atoms with Crippen molar-refractivity contribution >= 4 is 28.7 Å². The van der Waals surface area contributed by atoms with Crippen molar-refractivity contribution in [3.05, 3.63) is 34.1 Å². The van der Waals surface area contributed by atoms with E-state index in [0.717, 1.165) is 38.0 Å². The number of ether oxygens (including phenoxy) is 2. The number of benzene rings is 1. The van der Waals surface area contributed by atoms with Gasteiger partial charge in [0.05, 0.1) is 17.2 Å². The van der Waals surface area contributed by atoms with Gasteiger partial charge >= 0.3 is 12.1 Å². The Morgan fingerprint density at radius 2 is 2.00 bits per heavy atom. The first-order valence-corrected chi connectivity index (χ1v) is 11.8. The molecule has 1 aromatic carbocycles. The average Bonchev–Trinajstić information content (AvgIpc) is 3.33. The number of nitrogens with zero attached hydrogens (tertiary/aromatic N) is 2. The zero-order chi connectivity index (χ0) is 24.4. The van der Waals surface area contributed by atoms with E-state index in [1.165, 1.54) is 6.07 Å². The smallest absolute Gasteiger partial charge is 0.408 e. The van der Waals surface area contributed by atoms with Crippen LogP contribution in [0.4, 0.5) is 10.5 Å². The Morgan fingerprint density at radius 3 is 2.65 bits per heavy atom. The van der Waals surface area contributed by atoms with E-state index in [9.17, 15) is 19.5 Å². The Labute approximate surface area is 197 Å². The molecule has 0 unspecified atom stereocenters. The first-order valence-electron chi connectivity index (χ1n) is 11.8. The molecule has 2 atom stereocenters. The molecule has 2 aliphatic heterocycles. The molecule has 9 heteroatoms. The number of amides is 1. The summed E-state index contributed by atoms with van der Waals surface area (Å²) in [7, 11) is 0. The number of carbonyl (C=O) groups is 2. The number of alkyl carbamates (subject to hydrolysis) is 1. The van der Waals surface area contributed by atoms with Crippen LogP contribution in [0.3, 0.4) is 0 Å². The molecular weight excluding hydrogens is 438 g/mol. The zero-order valence-electron chi connectivity index (χ0n) is 20.0. The first-order chi connectivity index (χ1) is 16.0. The third-order valence-electron chi connectivity index (χ3n) is 7.12. The summed E-state index contributed by atoms with van der Waals surface area (Å²) < 4.78 is 13.2. The van der Waals surface area contributed by atoms with Gasteiger partial charge in [0.15, 0.2) is 5.75 Å². The van der Waals surface area contributed by atoms with E-state index < -0.39 is 17.1 Å². The molecule has 1 saturated heterocycles. The maximum absolute atomic E-state index is 12.9. The largest absolute Gasteiger partial charge is 0.487 e. The van der Waals surface area contributed by atoms with Crippen LogP contribution in [-0.4, -0.2) is 52.6 Å². The molecule has 1 aromatic heterocycles. The van der Waals surface area contributed by atoms with Crippen molar-refractivity contribution in [2.75, 3.05) is 24.6 Å². The minimum Gasteiger partial charge on any atom is -0.487 e. The van der Waals surface area contributed by atoms with Gasteiger partial charge < -0.3 is 24.8 Å². The Bertz CT molecular complexity index is 1240. The molecule has 2 aromatic rings. The zero-order valence-corrected chi connectivity index (χ0v) is 20.0. The van der Waals surface area contributed by atoms with Gasteiger partial charge in [-0.2, -0.15) is 0 Å². The van der Waals surface area contributed by atoms with E-state index in [2.05, 4.69) is 10.2 Å². The molecule has 5 rings (SSSR count). The predicted molar refractivity (Wildman–Crippen MR) is 127 cm³/mol. The second kappa shape index (κ2) is 7.65. The number of nitrogens with one attached hydrogen (secondary N) is 1. The van der Waals surface area contributed by atoms with Crippen LogP contribution in [0.15, 0.2) is 23.0 Å². The molecule has 0 bridgehead atoms. The van der Waals surface area contributed by atoms with Gasteiger partial charge in [-0.15, -0.1) is 0 Å². The van der Waals surface area contributed by atoms with E-state index in [0.29, 0.717) is 23.3 Å². The van der Waals surface area contributed by atoms with Gasteiger partial charge in [-0.05, 0) is 59.1 Å². The number of rotatable bonds is 4. The molecular formula is C25H31N3O6. The second-order valence-electron chi connectivity index (χ2n) is 10.8. The lowest BCUT2D eigenvalue weighted by atomic mass is 9.96. The van der Waals surface area contributed by atoms with Gasteiger partial charge in [-0.25, -0.2) is 9.59 Å². The molecule has 1 saturated carbocycles. The van der Waals surface area contributed by atoms with Crippen molar-refractivity contribution in [2.24, 2.45) is 5.92 Å². The van der Waals surface area contributed by atoms with Gasteiger partial charge in [-0.3, -0.25) is 9.36 Å². The van der Waals surface area contributed by atoms with Crippen molar-refractivity contribution in [3.8, 4) is 5.75 Å². The number of hydrogen-bond acceptors (Lipinski definition) is 6. The van der Waals surface area contributed by atoms with Crippen LogP contribution in [0.5, 0.6) is 5.75 Å². The molecule has 9 nitrogen and oxygen atoms in total. The number of carbonyl (C=O) groups excluding carboxylic acids is 1. The molecule has 2 fully saturated rings. The SMILES string of the molecule is C[C@H]1COc2c(N3CC[C@@H](C4(NC(=O)OC(C)(C)C)CC4)C3)ccc3cc(C(=O)O)c(=O)n1c23. The maximum Gasteiger partial charge on any atom is 0.408 e. The molecule has 0 spiro atoms. The Balaban J connectivity index is 1.44. The van der Waals surface area contributed by atoms with Crippen LogP contribution in [0.1, 0.15) is 63.4 Å². The van der Waals surface area contributed by atoms with Crippen LogP contribution in [-0.2, 0) is 4.74 Å². The highest BCUT2D eigenvalue weighted by atomic mass is 16.6. The van der Waals surface area contributed by atoms with Crippen LogP contribution in [0.25, 0.3) is 10.9 Å². The fraction of sp³-hybridized carbons (Fsp3) is 0.560. The lowest BCUT2D eigenvalue weighted by Crippen LogP contribution is -2.45. The quantitative estimate of drug-likeness (QED) is 0.705. The first kappa shape index (κ1) is 22.6. The number of carboxylic acid groups (broad SMARTS) is 1. The third-order valence-corrected chi connectivity index (χ3v) is 7.12. The van der Waals surface area contributed by atoms with E-state index in [-0.39, 0.29) is 29.2 Å². The van der Waals surface area contributed by atoms with Crippen molar-refractivity contribution in [1.29, 1.82) is 0 Å². The highest BCUT2D eigenvalue weighted by Gasteiger charge is 2.53. The summed E-state index contributed by atoms with van der Waals surface area (Å²) in [4.78, 5) is 39.2. The van der Waals surface area contributed by atoms with E-state index in [1.807, 2.05) is 39.8 Å². The Morgan fingerprint density at radius 1 is 1.26 bits per heavy atom. The number of anilines is 1.